The number of nitrogens with one attached hydrogen (secondary N) is 2. The van der Waals surface area contributed by atoms with E-state index in [1.807, 2.05) is 19.1 Å². The van der Waals surface area contributed by atoms with Crippen molar-refractivity contribution in [3.8, 4) is 0 Å². The normalized spacial score (nSPS) is 16.5. The molecule has 1 atom stereocenters. The number of urea groups is 1. The Morgan fingerprint density at radius 1 is 1.29 bits per heavy atom. The molecule has 3 aromatic rings. The van der Waals surface area contributed by atoms with E-state index < -0.39 is 17.9 Å². The standard InChI is InChI=1S/C22H23ClF2N4O2/c1-13-2-4-17(5-3-13)27-21(31)29-8-6-15(7-9-29)22(24,25)20(30)18-11-16(23)10-14-12-26-28-19(14)18/h2-5,10-12,15,20,30H,6-9H2,1H3,(H,26,28)(H,27,31). The number of anilines is 1. The first kappa shape index (κ1) is 21.5. The van der Waals surface area contributed by atoms with Crippen molar-refractivity contribution < 1.29 is 18.7 Å². The van der Waals surface area contributed by atoms with Gasteiger partial charge in [-0.15, -0.1) is 0 Å². The number of aromatic nitrogens is 2. The lowest BCUT2D eigenvalue weighted by Gasteiger charge is -2.37. The van der Waals surface area contributed by atoms with Crippen LogP contribution in [0.3, 0.4) is 0 Å². The summed E-state index contributed by atoms with van der Waals surface area (Å²) in [4.78, 5) is 14.0. The lowest BCUT2D eigenvalue weighted by atomic mass is 9.85. The smallest absolute Gasteiger partial charge is 0.321 e. The van der Waals surface area contributed by atoms with Gasteiger partial charge >= 0.3 is 6.03 Å². The third-order valence-corrected chi connectivity index (χ3v) is 6.05. The van der Waals surface area contributed by atoms with Crippen molar-refractivity contribution in [3.05, 3.63) is 58.7 Å². The summed E-state index contributed by atoms with van der Waals surface area (Å²) in [6.45, 7) is 2.31. The highest BCUT2D eigenvalue weighted by Crippen LogP contribution is 2.44. The average molecular weight is 449 g/mol. The van der Waals surface area contributed by atoms with Crippen LogP contribution in [0.15, 0.2) is 42.6 Å². The number of nitrogens with zero attached hydrogens (tertiary/aromatic N) is 2. The van der Waals surface area contributed by atoms with Crippen LogP contribution in [-0.2, 0) is 0 Å². The molecule has 9 heteroatoms. The summed E-state index contributed by atoms with van der Waals surface area (Å²) >= 11 is 6.04. The van der Waals surface area contributed by atoms with Crippen LogP contribution in [0, 0.1) is 12.8 Å². The number of hydrogen-bond donors (Lipinski definition) is 3. The number of aliphatic hydroxyl groups is 1. The van der Waals surface area contributed by atoms with Crippen molar-refractivity contribution in [2.45, 2.75) is 31.8 Å². The summed E-state index contributed by atoms with van der Waals surface area (Å²) in [5.74, 6) is -4.45. The topological polar surface area (TPSA) is 81.2 Å². The minimum absolute atomic E-state index is 0.0181. The Balaban J connectivity index is 1.42. The molecule has 2 aromatic carbocycles. The van der Waals surface area contributed by atoms with E-state index >= 15 is 8.78 Å². The quantitative estimate of drug-likeness (QED) is 0.517. The summed E-state index contributed by atoms with van der Waals surface area (Å²) in [5, 5.41) is 20.7. The van der Waals surface area contributed by atoms with Crippen LogP contribution in [0.25, 0.3) is 10.9 Å². The molecule has 1 unspecified atom stereocenters. The number of piperidine rings is 1. The Kier molecular flexibility index (Phi) is 5.85. The second-order valence-electron chi connectivity index (χ2n) is 7.96. The molecular weight excluding hydrogens is 426 g/mol. The van der Waals surface area contributed by atoms with Crippen LogP contribution < -0.4 is 5.32 Å². The van der Waals surface area contributed by atoms with Crippen molar-refractivity contribution in [2.75, 3.05) is 18.4 Å². The molecule has 0 bridgehead atoms. The van der Waals surface area contributed by atoms with Gasteiger partial charge in [-0.2, -0.15) is 5.10 Å². The average Bonchev–Trinajstić information content (AvgIpc) is 3.22. The third-order valence-electron chi connectivity index (χ3n) is 5.83. The number of aliphatic hydroxyl groups excluding tert-OH is 1. The lowest BCUT2D eigenvalue weighted by molar-refractivity contribution is -0.159. The number of H-pyrrole nitrogens is 1. The minimum atomic E-state index is -3.39. The van der Waals surface area contributed by atoms with E-state index in [1.165, 1.54) is 17.2 Å². The highest BCUT2D eigenvalue weighted by molar-refractivity contribution is 6.31. The summed E-state index contributed by atoms with van der Waals surface area (Å²) in [7, 11) is 0. The van der Waals surface area contributed by atoms with Crippen LogP contribution in [0.5, 0.6) is 0 Å². The maximum atomic E-state index is 15.2. The monoisotopic (exact) mass is 448 g/mol. The maximum Gasteiger partial charge on any atom is 0.321 e. The fourth-order valence-corrected chi connectivity index (χ4v) is 4.24. The van der Waals surface area contributed by atoms with Gasteiger partial charge in [0.1, 0.15) is 6.10 Å². The summed E-state index contributed by atoms with van der Waals surface area (Å²) < 4.78 is 30.4. The highest BCUT2D eigenvalue weighted by Gasteiger charge is 2.48. The molecule has 0 aliphatic carbocycles. The van der Waals surface area contributed by atoms with E-state index in [1.54, 1.807) is 18.2 Å². The molecule has 0 spiro atoms. The van der Waals surface area contributed by atoms with Crippen LogP contribution in [0.4, 0.5) is 19.3 Å². The van der Waals surface area contributed by atoms with E-state index in [4.69, 9.17) is 11.6 Å². The molecule has 2 amide bonds. The first-order valence-electron chi connectivity index (χ1n) is 10.1. The Morgan fingerprint density at radius 3 is 2.65 bits per heavy atom. The molecule has 3 N–H and O–H groups in total. The largest absolute Gasteiger partial charge is 0.382 e. The molecule has 2 heterocycles. The molecule has 0 radical (unpaired) electrons. The SMILES string of the molecule is Cc1ccc(NC(=O)N2CCC(C(F)(F)C(O)c3cc(Cl)cc4cn[nH]c34)CC2)cc1. The predicted molar refractivity (Wildman–Crippen MR) is 116 cm³/mol. The molecule has 1 aromatic heterocycles. The van der Waals surface area contributed by atoms with Gasteiger partial charge in [-0.05, 0) is 44.0 Å². The first-order chi connectivity index (χ1) is 14.8. The van der Waals surface area contributed by atoms with Crippen LogP contribution >= 0.6 is 11.6 Å². The molecule has 4 rings (SSSR count). The molecule has 6 nitrogen and oxygen atoms in total. The van der Waals surface area contributed by atoms with Gasteiger partial charge < -0.3 is 15.3 Å². The molecular formula is C22H23ClF2N4O2. The maximum absolute atomic E-state index is 15.2. The highest BCUT2D eigenvalue weighted by atomic mass is 35.5. The number of benzene rings is 2. The molecule has 1 saturated heterocycles. The van der Waals surface area contributed by atoms with Crippen LogP contribution in [0.2, 0.25) is 5.02 Å². The van der Waals surface area contributed by atoms with Gasteiger partial charge in [0.15, 0.2) is 0 Å². The predicted octanol–water partition coefficient (Wildman–Crippen LogP) is 5.14. The van der Waals surface area contributed by atoms with Crippen LogP contribution in [-0.4, -0.2) is 45.2 Å². The van der Waals surface area contributed by atoms with E-state index in [9.17, 15) is 9.90 Å². The zero-order valence-electron chi connectivity index (χ0n) is 16.9. The zero-order chi connectivity index (χ0) is 22.2. The van der Waals surface area contributed by atoms with Gasteiger partial charge in [-0.1, -0.05) is 29.3 Å². The Bertz CT molecular complexity index is 1080. The fourth-order valence-electron chi connectivity index (χ4n) is 4.00. The summed E-state index contributed by atoms with van der Waals surface area (Å²) in [6, 6.07) is 9.98. The Labute approximate surface area is 183 Å². The van der Waals surface area contributed by atoms with Crippen molar-refractivity contribution in [3.63, 3.8) is 0 Å². The van der Waals surface area contributed by atoms with Crippen LogP contribution in [0.1, 0.15) is 30.1 Å². The number of amides is 2. The summed E-state index contributed by atoms with van der Waals surface area (Å²) in [5.41, 5.74) is 2.09. The number of carbonyl (C=O) groups excluding carboxylic acids is 1. The molecule has 0 saturated carbocycles. The zero-order valence-corrected chi connectivity index (χ0v) is 17.7. The minimum Gasteiger partial charge on any atom is -0.382 e. The van der Waals surface area contributed by atoms with E-state index in [0.717, 1.165) is 5.56 Å². The van der Waals surface area contributed by atoms with Gasteiger partial charge in [0.05, 0.1) is 11.7 Å². The number of rotatable bonds is 4. The van der Waals surface area contributed by atoms with E-state index in [2.05, 4.69) is 15.5 Å². The first-order valence-corrected chi connectivity index (χ1v) is 10.4. The lowest BCUT2D eigenvalue weighted by Crippen LogP contribution is -2.46. The van der Waals surface area contributed by atoms with Gasteiger partial charge in [-0.25, -0.2) is 13.6 Å². The Morgan fingerprint density at radius 2 is 1.97 bits per heavy atom. The van der Waals surface area contributed by atoms with Gasteiger partial charge in [-0.3, -0.25) is 5.10 Å². The van der Waals surface area contributed by atoms with Gasteiger partial charge in [0, 0.05) is 40.7 Å². The number of aryl methyl sites for hydroxylation is 1. The second-order valence-corrected chi connectivity index (χ2v) is 8.40. The van der Waals surface area contributed by atoms with Gasteiger partial charge in [0.25, 0.3) is 5.92 Å². The van der Waals surface area contributed by atoms with Gasteiger partial charge in [0.2, 0.25) is 0 Å². The van der Waals surface area contributed by atoms with Crippen molar-refractivity contribution in [1.82, 2.24) is 15.1 Å². The number of hydrogen-bond acceptors (Lipinski definition) is 3. The molecule has 164 valence electrons. The molecule has 1 aliphatic heterocycles. The third kappa shape index (κ3) is 4.36. The van der Waals surface area contributed by atoms with Crippen molar-refractivity contribution in [2.24, 2.45) is 5.92 Å². The van der Waals surface area contributed by atoms with E-state index in [-0.39, 0.29) is 42.5 Å². The number of alkyl halides is 2. The molecule has 1 aliphatic rings. The van der Waals surface area contributed by atoms with Crippen molar-refractivity contribution in [1.29, 1.82) is 0 Å². The number of fused-ring (bicyclic) bond motifs is 1. The number of halogens is 3. The number of carbonyl (C=O) groups is 1. The molecule has 1 fully saturated rings. The Hall–Kier alpha value is -2.71. The van der Waals surface area contributed by atoms with E-state index in [0.29, 0.717) is 16.6 Å². The number of aromatic amines is 1. The summed E-state index contributed by atoms with van der Waals surface area (Å²) in [6.07, 6.45) is -0.399. The van der Waals surface area contributed by atoms with Crippen molar-refractivity contribution >= 4 is 34.2 Å². The number of likely N-dealkylation sites (tertiary alicyclic amines) is 1. The fraction of sp³-hybridized carbons (Fsp3) is 0.364. The second kappa shape index (κ2) is 8.43. The molecule has 31 heavy (non-hydrogen) atoms.